The van der Waals surface area contributed by atoms with E-state index in [-0.39, 0.29) is 4.90 Å². The molecule has 0 aliphatic carbocycles. The molecule has 1 aromatic carbocycles. The Labute approximate surface area is 147 Å². The summed E-state index contributed by atoms with van der Waals surface area (Å²) in [6, 6.07) is 6.61. The summed E-state index contributed by atoms with van der Waals surface area (Å²) in [4.78, 5) is 8.00. The molecule has 0 saturated carbocycles. The highest BCUT2D eigenvalue weighted by molar-refractivity contribution is 7.85. The first kappa shape index (κ1) is 22.8. The van der Waals surface area contributed by atoms with Crippen LogP contribution in [0, 0.1) is 0 Å². The normalized spacial score (nSPS) is 10.9. The van der Waals surface area contributed by atoms with Crippen LogP contribution < -0.4 is 0 Å². The first-order chi connectivity index (χ1) is 11.5. The van der Waals surface area contributed by atoms with E-state index in [0.717, 1.165) is 18.4 Å². The lowest BCUT2D eigenvalue weighted by atomic mass is 10.0. The SMILES string of the molecule is C=O.CCCCCCCCCCCCc1cccc(S(=O)(=O)O)c1. The fourth-order valence-electron chi connectivity index (χ4n) is 2.68. The molecule has 0 aliphatic rings. The number of aryl methyl sites for hydroxylation is 1. The van der Waals surface area contributed by atoms with Crippen molar-refractivity contribution >= 4 is 16.9 Å². The molecule has 1 N–H and O–H groups in total. The molecule has 4 nitrogen and oxygen atoms in total. The number of carbonyl (C=O) groups excluding carboxylic acids is 1. The number of benzene rings is 1. The second kappa shape index (κ2) is 14.2. The van der Waals surface area contributed by atoms with Gasteiger partial charge in [-0.15, -0.1) is 0 Å². The van der Waals surface area contributed by atoms with Crippen LogP contribution >= 0.6 is 0 Å². The standard InChI is InChI=1S/C18H30O3S.CH2O/c1-2-3-4-5-6-7-8-9-10-11-13-17-14-12-15-18(16-17)22(19,20)21;1-2/h12,14-16H,2-11,13H2,1H3,(H,19,20,21);1H2. The van der Waals surface area contributed by atoms with E-state index in [4.69, 9.17) is 9.35 Å². The van der Waals surface area contributed by atoms with Gasteiger partial charge in [0, 0.05) is 0 Å². The average molecular weight is 357 g/mol. The molecular weight excluding hydrogens is 324 g/mol. The van der Waals surface area contributed by atoms with Gasteiger partial charge in [0.2, 0.25) is 0 Å². The first-order valence-corrected chi connectivity index (χ1v) is 10.3. The van der Waals surface area contributed by atoms with Crippen LogP contribution in [0.3, 0.4) is 0 Å². The predicted molar refractivity (Wildman–Crippen MR) is 98.9 cm³/mol. The van der Waals surface area contributed by atoms with Crippen LogP contribution in [-0.4, -0.2) is 19.8 Å². The van der Waals surface area contributed by atoms with E-state index in [0.29, 0.717) is 0 Å². The number of rotatable bonds is 12. The van der Waals surface area contributed by atoms with Gasteiger partial charge in [0.15, 0.2) is 0 Å². The number of hydrogen-bond donors (Lipinski definition) is 1. The molecule has 0 heterocycles. The minimum atomic E-state index is -4.08. The smallest absolute Gasteiger partial charge is 0.294 e. The van der Waals surface area contributed by atoms with Crippen LogP contribution in [0.4, 0.5) is 0 Å². The van der Waals surface area contributed by atoms with Crippen molar-refractivity contribution in [2.75, 3.05) is 0 Å². The molecule has 0 aromatic heterocycles. The van der Waals surface area contributed by atoms with Gasteiger partial charge in [0.1, 0.15) is 6.79 Å². The van der Waals surface area contributed by atoms with Crippen LogP contribution in [0.15, 0.2) is 29.2 Å². The zero-order valence-corrected chi connectivity index (χ0v) is 15.7. The van der Waals surface area contributed by atoms with E-state index in [9.17, 15) is 8.42 Å². The van der Waals surface area contributed by atoms with Crippen LogP contribution in [0.1, 0.15) is 76.7 Å². The van der Waals surface area contributed by atoms with Crippen molar-refractivity contribution < 1.29 is 17.8 Å². The summed E-state index contributed by atoms with van der Waals surface area (Å²) in [5.74, 6) is 0. The van der Waals surface area contributed by atoms with Gasteiger partial charge in [-0.25, -0.2) is 0 Å². The molecule has 138 valence electrons. The minimum absolute atomic E-state index is 0.00270. The van der Waals surface area contributed by atoms with Gasteiger partial charge in [-0.1, -0.05) is 76.8 Å². The maximum Gasteiger partial charge on any atom is 0.294 e. The lowest BCUT2D eigenvalue weighted by molar-refractivity contribution is -0.0980. The summed E-state index contributed by atoms with van der Waals surface area (Å²) in [6.07, 6.45) is 13.8. The Morgan fingerprint density at radius 1 is 0.875 bits per heavy atom. The molecule has 0 spiro atoms. The lowest BCUT2D eigenvalue weighted by Gasteiger charge is -2.04. The maximum atomic E-state index is 11.1. The van der Waals surface area contributed by atoms with Gasteiger partial charge in [-0.3, -0.25) is 4.55 Å². The molecule has 1 aromatic rings. The summed E-state index contributed by atoms with van der Waals surface area (Å²) in [5, 5.41) is 0. The van der Waals surface area contributed by atoms with Gasteiger partial charge in [0.05, 0.1) is 4.90 Å². The third-order valence-corrected chi connectivity index (χ3v) is 4.86. The van der Waals surface area contributed by atoms with Crippen LogP contribution in [0.2, 0.25) is 0 Å². The highest BCUT2D eigenvalue weighted by Gasteiger charge is 2.09. The summed E-state index contributed by atoms with van der Waals surface area (Å²) >= 11 is 0. The fourth-order valence-corrected chi connectivity index (χ4v) is 3.23. The molecule has 0 fully saturated rings. The van der Waals surface area contributed by atoms with Crippen molar-refractivity contribution in [2.45, 2.75) is 82.4 Å². The average Bonchev–Trinajstić information content (AvgIpc) is 2.58. The van der Waals surface area contributed by atoms with Crippen molar-refractivity contribution in [3.8, 4) is 0 Å². The summed E-state index contributed by atoms with van der Waals surface area (Å²) in [5.41, 5.74) is 0.981. The number of hydrogen-bond acceptors (Lipinski definition) is 3. The molecule has 0 bridgehead atoms. The summed E-state index contributed by atoms with van der Waals surface area (Å²) < 4.78 is 31.2. The summed E-state index contributed by atoms with van der Waals surface area (Å²) in [6.45, 7) is 4.24. The number of unbranched alkanes of at least 4 members (excludes halogenated alkanes) is 9. The van der Waals surface area contributed by atoms with E-state index in [1.807, 2.05) is 12.9 Å². The zero-order valence-electron chi connectivity index (χ0n) is 14.9. The maximum absolute atomic E-state index is 11.1. The first-order valence-electron chi connectivity index (χ1n) is 8.89. The van der Waals surface area contributed by atoms with E-state index in [2.05, 4.69) is 6.92 Å². The van der Waals surface area contributed by atoms with Crippen molar-refractivity contribution in [1.29, 1.82) is 0 Å². The highest BCUT2D eigenvalue weighted by Crippen LogP contribution is 2.15. The van der Waals surface area contributed by atoms with Crippen molar-refractivity contribution in [3.63, 3.8) is 0 Å². The molecule has 0 amide bonds. The van der Waals surface area contributed by atoms with E-state index in [1.54, 1.807) is 12.1 Å². The molecule has 0 aliphatic heterocycles. The molecule has 0 atom stereocenters. The monoisotopic (exact) mass is 356 g/mol. The topological polar surface area (TPSA) is 71.4 Å². The molecular formula is C19H32O4S. The van der Waals surface area contributed by atoms with Crippen molar-refractivity contribution in [1.82, 2.24) is 0 Å². The Kier molecular flexibility index (Phi) is 13.5. The molecule has 1 rings (SSSR count). The fraction of sp³-hybridized carbons (Fsp3) is 0.632. The van der Waals surface area contributed by atoms with Gasteiger partial charge in [-0.2, -0.15) is 8.42 Å². The third kappa shape index (κ3) is 11.4. The Morgan fingerprint density at radius 2 is 1.38 bits per heavy atom. The highest BCUT2D eigenvalue weighted by atomic mass is 32.2. The lowest BCUT2D eigenvalue weighted by Crippen LogP contribution is -1.98. The Bertz CT molecular complexity index is 526. The summed E-state index contributed by atoms with van der Waals surface area (Å²) in [7, 11) is -4.08. The molecule has 24 heavy (non-hydrogen) atoms. The molecule has 0 radical (unpaired) electrons. The van der Waals surface area contributed by atoms with Crippen molar-refractivity contribution in [3.05, 3.63) is 29.8 Å². The van der Waals surface area contributed by atoms with Crippen LogP contribution in [0.5, 0.6) is 0 Å². The van der Waals surface area contributed by atoms with Gasteiger partial charge in [-0.05, 0) is 30.5 Å². The van der Waals surface area contributed by atoms with Crippen LogP contribution in [-0.2, 0) is 21.3 Å². The predicted octanol–water partition coefficient (Wildman–Crippen LogP) is 5.21. The van der Waals surface area contributed by atoms with Gasteiger partial charge >= 0.3 is 0 Å². The third-order valence-electron chi connectivity index (χ3n) is 4.02. The Hall–Kier alpha value is -1.20. The zero-order chi connectivity index (χ0) is 18.3. The second-order valence-corrected chi connectivity index (χ2v) is 7.48. The molecule has 0 unspecified atom stereocenters. The van der Waals surface area contributed by atoms with Gasteiger partial charge in [0.25, 0.3) is 10.1 Å². The molecule has 0 saturated heterocycles. The second-order valence-electron chi connectivity index (χ2n) is 6.05. The van der Waals surface area contributed by atoms with Crippen LogP contribution in [0.25, 0.3) is 0 Å². The molecule has 5 heteroatoms. The van der Waals surface area contributed by atoms with Gasteiger partial charge < -0.3 is 4.79 Å². The van der Waals surface area contributed by atoms with E-state index >= 15 is 0 Å². The minimum Gasteiger partial charge on any atom is -0.307 e. The Morgan fingerprint density at radius 3 is 1.88 bits per heavy atom. The van der Waals surface area contributed by atoms with E-state index < -0.39 is 10.1 Å². The Balaban J connectivity index is 0.00000254. The number of carbonyl (C=O) groups is 1. The quantitative estimate of drug-likeness (QED) is 0.412. The largest absolute Gasteiger partial charge is 0.307 e. The van der Waals surface area contributed by atoms with Crippen molar-refractivity contribution in [2.24, 2.45) is 0 Å². The van der Waals surface area contributed by atoms with E-state index in [1.165, 1.54) is 63.9 Å².